The van der Waals surface area contributed by atoms with Crippen LogP contribution in [0.2, 0.25) is 0 Å². The van der Waals surface area contributed by atoms with Crippen LogP contribution in [0.25, 0.3) is 17.2 Å². The zero-order valence-electron chi connectivity index (χ0n) is 21.0. The van der Waals surface area contributed by atoms with E-state index in [9.17, 15) is 19.7 Å². The zero-order chi connectivity index (χ0) is 26.9. The van der Waals surface area contributed by atoms with Crippen LogP contribution in [0.3, 0.4) is 0 Å². The zero-order valence-corrected chi connectivity index (χ0v) is 21.8. The molecule has 0 aliphatic heterocycles. The predicted octanol–water partition coefficient (Wildman–Crippen LogP) is 6.26. The Morgan fingerprint density at radius 3 is 2.46 bits per heavy atom. The average molecular weight is 525 g/mol. The van der Waals surface area contributed by atoms with E-state index in [1.165, 1.54) is 29.5 Å². The minimum Gasteiger partial charge on any atom is -0.493 e. The van der Waals surface area contributed by atoms with Crippen molar-refractivity contribution in [2.75, 3.05) is 25.6 Å². The van der Waals surface area contributed by atoms with Gasteiger partial charge < -0.3 is 19.5 Å². The van der Waals surface area contributed by atoms with E-state index in [4.69, 9.17) is 14.2 Å². The summed E-state index contributed by atoms with van der Waals surface area (Å²) in [5.74, 6) is 0.152. The van der Waals surface area contributed by atoms with Crippen molar-refractivity contribution >= 4 is 40.0 Å². The third kappa shape index (κ3) is 6.73. The Hall–Kier alpha value is -4.18. The summed E-state index contributed by atoms with van der Waals surface area (Å²) < 4.78 is 16.3. The number of methoxy groups -OCH3 is 1. The van der Waals surface area contributed by atoms with Gasteiger partial charge in [-0.1, -0.05) is 13.0 Å². The number of esters is 1. The van der Waals surface area contributed by atoms with Crippen molar-refractivity contribution in [1.29, 1.82) is 0 Å². The topological polar surface area (TPSA) is 117 Å². The molecule has 0 saturated carbocycles. The summed E-state index contributed by atoms with van der Waals surface area (Å²) in [5.41, 5.74) is 2.05. The number of amides is 1. The molecule has 0 aliphatic rings. The van der Waals surface area contributed by atoms with Gasteiger partial charge in [-0.05, 0) is 61.7 Å². The summed E-state index contributed by atoms with van der Waals surface area (Å²) in [6, 6.07) is 11.2. The van der Waals surface area contributed by atoms with Gasteiger partial charge in [0.15, 0.2) is 11.5 Å². The van der Waals surface area contributed by atoms with E-state index in [0.717, 1.165) is 16.9 Å². The first kappa shape index (κ1) is 27.4. The van der Waals surface area contributed by atoms with Gasteiger partial charge in [-0.2, -0.15) is 0 Å². The van der Waals surface area contributed by atoms with Crippen LogP contribution in [0.1, 0.15) is 41.1 Å². The summed E-state index contributed by atoms with van der Waals surface area (Å²) in [7, 11) is 1.55. The Kier molecular flexibility index (Phi) is 9.39. The largest absolute Gasteiger partial charge is 0.493 e. The smallest absolute Gasteiger partial charge is 0.341 e. The standard InChI is InChI=1S/C27H28N2O7S/c1-5-15-36-21-13-7-18(16-22(21)34-4)8-14-23(30)28-26-25(27(31)35-6-2)24(17(3)37-26)19-9-11-20(12-10-19)29(32)33/h7-14,16H,5-6,15H2,1-4H3,(H,28,30)/b14-8+. The minimum atomic E-state index is -0.591. The lowest BCUT2D eigenvalue weighted by molar-refractivity contribution is -0.384. The number of nitro groups is 1. The first-order chi connectivity index (χ1) is 17.8. The summed E-state index contributed by atoms with van der Waals surface area (Å²) in [4.78, 5) is 36.9. The number of non-ortho nitro benzene ring substituents is 1. The molecule has 10 heteroatoms. The summed E-state index contributed by atoms with van der Waals surface area (Å²) in [6.07, 6.45) is 3.85. The molecule has 0 bridgehead atoms. The predicted molar refractivity (Wildman–Crippen MR) is 144 cm³/mol. The van der Waals surface area contributed by atoms with Gasteiger partial charge >= 0.3 is 5.97 Å². The average Bonchev–Trinajstić information content (AvgIpc) is 3.21. The van der Waals surface area contributed by atoms with Crippen molar-refractivity contribution < 1.29 is 28.7 Å². The van der Waals surface area contributed by atoms with E-state index in [0.29, 0.717) is 34.2 Å². The molecule has 2 aromatic carbocycles. The number of aryl methyl sites for hydroxylation is 1. The summed E-state index contributed by atoms with van der Waals surface area (Å²) in [6.45, 7) is 6.24. The van der Waals surface area contributed by atoms with Crippen molar-refractivity contribution in [2.24, 2.45) is 0 Å². The highest BCUT2D eigenvalue weighted by molar-refractivity contribution is 7.17. The fraction of sp³-hybridized carbons (Fsp3) is 0.259. The maximum atomic E-state index is 12.9. The minimum absolute atomic E-state index is 0.0606. The number of anilines is 1. The highest BCUT2D eigenvalue weighted by Crippen LogP contribution is 2.41. The highest BCUT2D eigenvalue weighted by atomic mass is 32.1. The van der Waals surface area contributed by atoms with Crippen LogP contribution in [-0.4, -0.2) is 37.1 Å². The molecule has 1 amide bonds. The van der Waals surface area contributed by atoms with E-state index in [1.807, 2.05) is 19.9 Å². The Balaban J connectivity index is 1.88. The van der Waals surface area contributed by atoms with Crippen LogP contribution in [-0.2, 0) is 9.53 Å². The molecule has 0 radical (unpaired) electrons. The molecular weight excluding hydrogens is 496 g/mol. The highest BCUT2D eigenvalue weighted by Gasteiger charge is 2.25. The molecular formula is C27H28N2O7S. The number of carbonyl (C=O) groups excluding carboxylic acids is 2. The van der Waals surface area contributed by atoms with Crippen LogP contribution >= 0.6 is 11.3 Å². The molecule has 9 nitrogen and oxygen atoms in total. The number of hydrogen-bond acceptors (Lipinski definition) is 8. The van der Waals surface area contributed by atoms with E-state index in [-0.39, 0.29) is 17.9 Å². The van der Waals surface area contributed by atoms with Gasteiger partial charge in [0.1, 0.15) is 10.6 Å². The molecule has 37 heavy (non-hydrogen) atoms. The first-order valence-corrected chi connectivity index (χ1v) is 12.5. The molecule has 0 atom stereocenters. The number of nitrogens with one attached hydrogen (secondary N) is 1. The number of rotatable bonds is 11. The van der Waals surface area contributed by atoms with E-state index in [1.54, 1.807) is 44.4 Å². The van der Waals surface area contributed by atoms with E-state index >= 15 is 0 Å². The van der Waals surface area contributed by atoms with Gasteiger partial charge in [-0.25, -0.2) is 4.79 Å². The molecule has 1 aromatic heterocycles. The number of nitrogens with zero attached hydrogens (tertiary/aromatic N) is 1. The van der Waals surface area contributed by atoms with E-state index in [2.05, 4.69) is 5.32 Å². The van der Waals surface area contributed by atoms with Crippen molar-refractivity contribution in [3.05, 3.63) is 74.7 Å². The van der Waals surface area contributed by atoms with Crippen LogP contribution in [0, 0.1) is 17.0 Å². The summed E-state index contributed by atoms with van der Waals surface area (Å²) >= 11 is 1.23. The van der Waals surface area contributed by atoms with Crippen molar-refractivity contribution in [2.45, 2.75) is 27.2 Å². The van der Waals surface area contributed by atoms with Crippen molar-refractivity contribution in [3.8, 4) is 22.6 Å². The molecule has 0 aliphatic carbocycles. The van der Waals surface area contributed by atoms with Gasteiger partial charge in [0, 0.05) is 28.6 Å². The number of benzene rings is 2. The monoisotopic (exact) mass is 524 g/mol. The normalized spacial score (nSPS) is 10.8. The van der Waals surface area contributed by atoms with Gasteiger partial charge in [0.25, 0.3) is 5.69 Å². The maximum absolute atomic E-state index is 12.9. The third-order valence-electron chi connectivity index (χ3n) is 5.24. The molecule has 1 N–H and O–H groups in total. The fourth-order valence-corrected chi connectivity index (χ4v) is 4.64. The lowest BCUT2D eigenvalue weighted by Crippen LogP contribution is -2.12. The third-order valence-corrected chi connectivity index (χ3v) is 6.26. The molecule has 0 unspecified atom stereocenters. The lowest BCUT2D eigenvalue weighted by atomic mass is 10.0. The van der Waals surface area contributed by atoms with Crippen LogP contribution in [0.15, 0.2) is 48.5 Å². The number of hydrogen-bond donors (Lipinski definition) is 1. The lowest BCUT2D eigenvalue weighted by Gasteiger charge is -2.10. The molecule has 3 rings (SSSR count). The van der Waals surface area contributed by atoms with Crippen LogP contribution in [0.4, 0.5) is 10.7 Å². The second kappa shape index (κ2) is 12.7. The van der Waals surface area contributed by atoms with Gasteiger partial charge in [0.2, 0.25) is 5.91 Å². The number of thiophene rings is 1. The molecule has 194 valence electrons. The quantitative estimate of drug-likeness (QED) is 0.136. The Bertz CT molecular complexity index is 1310. The molecule has 1 heterocycles. The van der Waals surface area contributed by atoms with Crippen LogP contribution in [0.5, 0.6) is 11.5 Å². The van der Waals surface area contributed by atoms with Crippen molar-refractivity contribution in [1.82, 2.24) is 0 Å². The van der Waals surface area contributed by atoms with Gasteiger partial charge in [-0.15, -0.1) is 11.3 Å². The number of nitro benzene ring substituents is 1. The maximum Gasteiger partial charge on any atom is 0.341 e. The second-order valence-corrected chi connectivity index (χ2v) is 9.07. The van der Waals surface area contributed by atoms with Gasteiger partial charge in [0.05, 0.1) is 25.2 Å². The fourth-order valence-electron chi connectivity index (χ4n) is 3.57. The Morgan fingerprint density at radius 1 is 1.11 bits per heavy atom. The Labute approximate surface area is 218 Å². The summed E-state index contributed by atoms with van der Waals surface area (Å²) in [5, 5.41) is 14.1. The SMILES string of the molecule is CCCOc1ccc(/C=C/C(=O)Nc2sc(C)c(-c3ccc([N+](=O)[O-])cc3)c2C(=O)OCC)cc1OC. The number of carbonyl (C=O) groups is 2. The Morgan fingerprint density at radius 2 is 1.84 bits per heavy atom. The molecule has 0 spiro atoms. The van der Waals surface area contributed by atoms with Crippen LogP contribution < -0.4 is 14.8 Å². The number of ether oxygens (including phenoxy) is 3. The van der Waals surface area contributed by atoms with E-state index < -0.39 is 16.8 Å². The molecule has 0 fully saturated rings. The molecule has 0 saturated heterocycles. The first-order valence-electron chi connectivity index (χ1n) is 11.6. The van der Waals surface area contributed by atoms with Crippen molar-refractivity contribution in [3.63, 3.8) is 0 Å². The second-order valence-electron chi connectivity index (χ2n) is 7.84. The molecule has 3 aromatic rings. The van der Waals surface area contributed by atoms with Gasteiger partial charge in [-0.3, -0.25) is 14.9 Å².